The highest BCUT2D eigenvalue weighted by atomic mass is 16.4. The maximum Gasteiger partial charge on any atom is 0.405 e. The van der Waals surface area contributed by atoms with Crippen molar-refractivity contribution in [2.45, 2.75) is 51.2 Å². The van der Waals surface area contributed by atoms with Crippen LogP contribution >= 0.6 is 0 Å². The first kappa shape index (κ1) is 32.2. The van der Waals surface area contributed by atoms with Gasteiger partial charge in [0.2, 0.25) is 23.5 Å². The number of Topliss-reactive ketones (excluding diaryl/α,β-unsaturated/α-hetero) is 1. The highest BCUT2D eigenvalue weighted by molar-refractivity contribution is 6.38. The Morgan fingerprint density at radius 1 is 0.953 bits per heavy atom. The average molecular weight is 594 g/mol. The lowest BCUT2D eigenvalue weighted by atomic mass is 9.94. The van der Waals surface area contributed by atoms with Crippen LogP contribution in [0.15, 0.2) is 55.0 Å². The zero-order valence-electron chi connectivity index (χ0n) is 23.8. The van der Waals surface area contributed by atoms with Gasteiger partial charge in [0.1, 0.15) is 12.1 Å². The Balaban J connectivity index is 1.60. The van der Waals surface area contributed by atoms with Gasteiger partial charge in [-0.25, -0.2) is 9.78 Å². The van der Waals surface area contributed by atoms with Gasteiger partial charge in [0, 0.05) is 19.0 Å². The molecule has 1 heterocycles. The lowest BCUT2D eigenvalue weighted by Gasteiger charge is -2.25. The molecule has 8 N–H and O–H groups in total. The number of carbonyl (C=O) groups excluding carboxylic acids is 5. The van der Waals surface area contributed by atoms with E-state index in [0.29, 0.717) is 12.1 Å². The maximum atomic E-state index is 13.0. The number of ketones is 1. The quantitative estimate of drug-likeness (QED) is 0.120. The van der Waals surface area contributed by atoms with Gasteiger partial charge in [-0.1, -0.05) is 62.7 Å². The van der Waals surface area contributed by atoms with Crippen molar-refractivity contribution in [1.29, 1.82) is 0 Å². The maximum absolute atomic E-state index is 13.0. The summed E-state index contributed by atoms with van der Waals surface area (Å²) < 4.78 is 0. The number of benzene rings is 2. The molecule has 0 bridgehead atoms. The van der Waals surface area contributed by atoms with E-state index in [-0.39, 0.29) is 12.8 Å². The number of amides is 5. The van der Waals surface area contributed by atoms with E-state index in [9.17, 15) is 33.9 Å². The van der Waals surface area contributed by atoms with Crippen LogP contribution in [0.25, 0.3) is 10.8 Å². The summed E-state index contributed by atoms with van der Waals surface area (Å²) in [4.78, 5) is 81.3. The van der Waals surface area contributed by atoms with Crippen LogP contribution in [0.5, 0.6) is 0 Å². The van der Waals surface area contributed by atoms with Crippen LogP contribution in [0.2, 0.25) is 0 Å². The largest absolute Gasteiger partial charge is 0.465 e. The van der Waals surface area contributed by atoms with Gasteiger partial charge in [-0.2, -0.15) is 0 Å². The summed E-state index contributed by atoms with van der Waals surface area (Å²) in [6.07, 6.45) is 1.81. The number of carbonyl (C=O) groups is 6. The second-order valence-corrected chi connectivity index (χ2v) is 10.1. The Bertz CT molecular complexity index is 1470. The number of imidazole rings is 1. The van der Waals surface area contributed by atoms with Gasteiger partial charge in [-0.3, -0.25) is 24.0 Å². The van der Waals surface area contributed by atoms with E-state index in [2.05, 4.69) is 31.2 Å². The van der Waals surface area contributed by atoms with Gasteiger partial charge in [0.05, 0.1) is 24.6 Å². The molecule has 0 fully saturated rings. The molecule has 0 saturated heterocycles. The number of carboxylic acid groups (broad SMARTS) is 1. The second-order valence-electron chi connectivity index (χ2n) is 10.1. The molecule has 14 nitrogen and oxygen atoms in total. The van der Waals surface area contributed by atoms with E-state index in [1.165, 1.54) is 12.5 Å². The van der Waals surface area contributed by atoms with Crippen LogP contribution in [0.4, 0.5) is 4.79 Å². The fourth-order valence-electron chi connectivity index (χ4n) is 4.38. The van der Waals surface area contributed by atoms with E-state index < -0.39 is 66.1 Å². The summed E-state index contributed by atoms with van der Waals surface area (Å²) >= 11 is 0. The number of hydrogen-bond donors (Lipinski definition) is 7. The van der Waals surface area contributed by atoms with Gasteiger partial charge in [-0.15, -0.1) is 0 Å². The van der Waals surface area contributed by atoms with Crippen molar-refractivity contribution < 1.29 is 33.9 Å². The van der Waals surface area contributed by atoms with E-state index >= 15 is 0 Å². The third kappa shape index (κ3) is 9.38. The number of rotatable bonds is 15. The van der Waals surface area contributed by atoms with E-state index in [4.69, 9.17) is 5.73 Å². The lowest BCUT2D eigenvalue weighted by molar-refractivity contribution is -0.141. The van der Waals surface area contributed by atoms with Gasteiger partial charge in [-0.05, 0) is 22.3 Å². The minimum atomic E-state index is -1.46. The molecule has 0 saturated carbocycles. The first-order chi connectivity index (χ1) is 20.5. The zero-order chi connectivity index (χ0) is 31.5. The molecular weight excluding hydrogens is 558 g/mol. The number of fused-ring (bicyclic) bond motifs is 1. The van der Waals surface area contributed by atoms with Crippen molar-refractivity contribution in [3.8, 4) is 0 Å². The third-order valence-corrected chi connectivity index (χ3v) is 6.94. The fraction of sp³-hybridized carbons (Fsp3) is 0.345. The van der Waals surface area contributed by atoms with Crippen molar-refractivity contribution in [2.24, 2.45) is 11.7 Å². The predicted molar refractivity (Wildman–Crippen MR) is 155 cm³/mol. The molecule has 3 aromatic rings. The van der Waals surface area contributed by atoms with Crippen LogP contribution < -0.4 is 27.0 Å². The molecular formula is C29H35N7O7. The van der Waals surface area contributed by atoms with Gasteiger partial charge in [0.15, 0.2) is 0 Å². The molecule has 2 aromatic carbocycles. The number of nitrogens with two attached hydrogens (primary N) is 1. The monoisotopic (exact) mass is 593 g/mol. The summed E-state index contributed by atoms with van der Waals surface area (Å²) in [5.41, 5.74) is 6.66. The smallest absolute Gasteiger partial charge is 0.405 e. The summed E-state index contributed by atoms with van der Waals surface area (Å²) in [6, 6.07) is 9.58. The second kappa shape index (κ2) is 15.1. The molecule has 0 aliphatic rings. The van der Waals surface area contributed by atoms with Crippen LogP contribution in [-0.4, -0.2) is 75.2 Å². The number of aromatic amines is 1. The number of hydrogen-bond acceptors (Lipinski definition) is 7. The number of nitrogens with zero attached hydrogens (tertiary/aromatic N) is 1. The molecule has 43 heavy (non-hydrogen) atoms. The van der Waals surface area contributed by atoms with Crippen LogP contribution in [0.3, 0.4) is 0 Å². The minimum absolute atomic E-state index is 0.102. The van der Waals surface area contributed by atoms with Crippen molar-refractivity contribution in [3.05, 3.63) is 66.2 Å². The Labute approximate surface area is 247 Å². The molecule has 0 aliphatic carbocycles. The van der Waals surface area contributed by atoms with Crippen LogP contribution in [0.1, 0.15) is 31.5 Å². The molecule has 2 unspecified atom stereocenters. The average Bonchev–Trinajstić information content (AvgIpc) is 3.50. The lowest BCUT2D eigenvalue weighted by Crippen LogP contribution is -2.57. The molecule has 228 valence electrons. The number of H-pyrrole nitrogens is 1. The first-order valence-electron chi connectivity index (χ1n) is 13.6. The van der Waals surface area contributed by atoms with Gasteiger partial charge >= 0.3 is 6.09 Å². The number of aromatic nitrogens is 2. The molecule has 0 aliphatic heterocycles. The summed E-state index contributed by atoms with van der Waals surface area (Å²) in [6.45, 7) is 2.76. The predicted octanol–water partition coefficient (Wildman–Crippen LogP) is 0.171. The van der Waals surface area contributed by atoms with Gasteiger partial charge < -0.3 is 37.1 Å². The Hall–Kier alpha value is -5.27. The van der Waals surface area contributed by atoms with Crippen molar-refractivity contribution >= 4 is 46.3 Å². The number of nitrogens with one attached hydrogen (secondary N) is 5. The van der Waals surface area contributed by atoms with Crippen molar-refractivity contribution in [1.82, 2.24) is 31.2 Å². The molecule has 0 radical (unpaired) electrons. The minimum Gasteiger partial charge on any atom is -0.465 e. The highest BCUT2D eigenvalue weighted by Crippen LogP contribution is 2.17. The summed E-state index contributed by atoms with van der Waals surface area (Å²) in [5.74, 6) is -5.02. The fourth-order valence-corrected chi connectivity index (χ4v) is 4.38. The molecule has 14 heteroatoms. The SMILES string of the molecule is CC[C@H](C)C(NC(=O)[C@H](Cc1c[nH]cn1)NC(=O)O)C(=O)C(=O)NCC(=O)NC(Cc1ccc2ccccc2c1)C(N)=O. The van der Waals surface area contributed by atoms with Crippen molar-refractivity contribution in [2.75, 3.05) is 6.54 Å². The highest BCUT2D eigenvalue weighted by Gasteiger charge is 2.33. The van der Waals surface area contributed by atoms with Crippen LogP contribution in [-0.2, 0) is 36.8 Å². The number of primary amides is 1. The summed E-state index contributed by atoms with van der Waals surface area (Å²) in [5, 5.41) is 20.4. The zero-order valence-corrected chi connectivity index (χ0v) is 23.8. The Morgan fingerprint density at radius 3 is 2.30 bits per heavy atom. The molecule has 4 atom stereocenters. The normalized spacial score (nSPS) is 13.6. The van der Waals surface area contributed by atoms with Gasteiger partial charge in [0.25, 0.3) is 5.91 Å². The molecule has 3 rings (SSSR count). The van der Waals surface area contributed by atoms with Crippen molar-refractivity contribution in [3.63, 3.8) is 0 Å². The van der Waals surface area contributed by atoms with Crippen LogP contribution in [0, 0.1) is 5.92 Å². The first-order valence-corrected chi connectivity index (χ1v) is 13.6. The Morgan fingerprint density at radius 2 is 1.67 bits per heavy atom. The third-order valence-electron chi connectivity index (χ3n) is 6.94. The topological polar surface area (TPSA) is 225 Å². The Kier molecular flexibility index (Phi) is 11.3. The molecule has 5 amide bonds. The molecule has 1 aromatic heterocycles. The summed E-state index contributed by atoms with van der Waals surface area (Å²) in [7, 11) is 0. The standard InChI is InChI=1S/C29H35N7O7/c1-3-16(2)24(36-27(40)22(35-29(42)43)12-20-13-31-15-33-20)25(38)28(41)32-14-23(37)34-21(26(30)39)11-17-8-9-18-6-4-5-7-19(18)10-17/h4-10,13,15-16,21-22,24,35H,3,11-12,14H2,1-2H3,(H2,30,39)(H,31,33)(H,32,41)(H,34,37)(H,36,40)(H,42,43)/t16-,21?,22-,24?/m0/s1. The molecule has 0 spiro atoms. The van der Waals surface area contributed by atoms with E-state index in [0.717, 1.165) is 16.3 Å². The van der Waals surface area contributed by atoms with E-state index in [1.807, 2.05) is 42.5 Å². The van der Waals surface area contributed by atoms with E-state index in [1.54, 1.807) is 13.8 Å².